The molecule has 20 heavy (non-hydrogen) atoms. The molecule has 0 unspecified atom stereocenters. The van der Waals surface area contributed by atoms with Gasteiger partial charge in [0.15, 0.2) is 5.76 Å². The van der Waals surface area contributed by atoms with Crippen molar-refractivity contribution >= 4 is 17.2 Å². The van der Waals surface area contributed by atoms with E-state index in [2.05, 4.69) is 27.3 Å². The Kier molecular flexibility index (Phi) is 3.38. The van der Waals surface area contributed by atoms with Crippen molar-refractivity contribution in [1.82, 2.24) is 10.5 Å². The molecule has 2 aromatic heterocycles. The van der Waals surface area contributed by atoms with Crippen molar-refractivity contribution in [2.24, 2.45) is 0 Å². The van der Waals surface area contributed by atoms with E-state index in [9.17, 15) is 4.79 Å². The molecule has 0 aliphatic heterocycles. The molecule has 1 fully saturated rings. The summed E-state index contributed by atoms with van der Waals surface area (Å²) in [6, 6.07) is 4.09. The molecule has 4 nitrogen and oxygen atoms in total. The number of nitrogens with zero attached hydrogens (tertiary/aromatic N) is 1. The normalized spacial score (nSPS) is 17.7. The molecular formula is C15H18N2O2S. The first-order valence-corrected chi connectivity index (χ1v) is 7.80. The molecule has 1 atom stereocenters. The van der Waals surface area contributed by atoms with Crippen LogP contribution >= 0.6 is 11.3 Å². The van der Waals surface area contributed by atoms with Crippen LogP contribution < -0.4 is 5.32 Å². The van der Waals surface area contributed by atoms with E-state index < -0.39 is 5.41 Å². The molecule has 0 aromatic carbocycles. The van der Waals surface area contributed by atoms with Gasteiger partial charge in [0.25, 0.3) is 0 Å². The maximum absolute atomic E-state index is 12.5. The Hall–Kier alpha value is -1.62. The van der Waals surface area contributed by atoms with Crippen molar-refractivity contribution in [2.45, 2.75) is 44.6 Å². The van der Waals surface area contributed by atoms with E-state index in [0.29, 0.717) is 5.76 Å². The van der Waals surface area contributed by atoms with Gasteiger partial charge in [-0.3, -0.25) is 4.79 Å². The van der Waals surface area contributed by atoms with Crippen molar-refractivity contribution in [3.63, 3.8) is 0 Å². The van der Waals surface area contributed by atoms with Crippen LogP contribution in [0.15, 0.2) is 27.4 Å². The quantitative estimate of drug-likeness (QED) is 0.921. The summed E-state index contributed by atoms with van der Waals surface area (Å²) < 4.78 is 5.29. The highest BCUT2D eigenvalue weighted by molar-refractivity contribution is 7.07. The third-order valence-electron chi connectivity index (χ3n) is 3.78. The average Bonchev–Trinajstić information content (AvgIpc) is 2.84. The van der Waals surface area contributed by atoms with Crippen molar-refractivity contribution in [3.05, 3.63) is 39.9 Å². The van der Waals surface area contributed by atoms with Crippen LogP contribution in [-0.4, -0.2) is 17.1 Å². The highest BCUT2D eigenvalue weighted by atomic mass is 32.1. The molecule has 1 aliphatic rings. The first-order chi connectivity index (χ1) is 9.60. The lowest BCUT2D eigenvalue weighted by Gasteiger charge is -2.17. The van der Waals surface area contributed by atoms with Crippen molar-refractivity contribution in [3.8, 4) is 0 Å². The molecule has 3 rings (SSSR count). The molecule has 5 heteroatoms. The first kappa shape index (κ1) is 13.4. The molecule has 0 bridgehead atoms. The average molecular weight is 290 g/mol. The lowest BCUT2D eigenvalue weighted by molar-refractivity contribution is -0.124. The summed E-state index contributed by atoms with van der Waals surface area (Å²) in [6.45, 7) is 3.91. The number of carbonyl (C=O) groups excluding carboxylic acids is 1. The zero-order chi connectivity index (χ0) is 14.2. The van der Waals surface area contributed by atoms with E-state index in [-0.39, 0.29) is 11.9 Å². The number of hydrogen-bond acceptors (Lipinski definition) is 4. The number of nitrogens with one attached hydrogen (secondary N) is 1. The minimum absolute atomic E-state index is 0.0661. The molecular weight excluding hydrogens is 272 g/mol. The number of hydrogen-bond donors (Lipinski definition) is 1. The van der Waals surface area contributed by atoms with E-state index in [1.807, 2.05) is 19.9 Å². The highest BCUT2D eigenvalue weighted by Gasteiger charge is 2.54. The fraction of sp³-hybridized carbons (Fsp3) is 0.467. The van der Waals surface area contributed by atoms with Gasteiger partial charge >= 0.3 is 0 Å². The van der Waals surface area contributed by atoms with Crippen molar-refractivity contribution < 1.29 is 9.32 Å². The van der Waals surface area contributed by atoms with Gasteiger partial charge < -0.3 is 9.84 Å². The topological polar surface area (TPSA) is 55.1 Å². The predicted octanol–water partition coefficient (Wildman–Crippen LogP) is 2.82. The fourth-order valence-corrected chi connectivity index (χ4v) is 3.16. The number of aromatic nitrogens is 1. The summed E-state index contributed by atoms with van der Waals surface area (Å²) in [5.74, 6) is 0.770. The van der Waals surface area contributed by atoms with E-state index in [1.165, 1.54) is 5.56 Å². The highest BCUT2D eigenvalue weighted by Crippen LogP contribution is 2.48. The summed E-state index contributed by atoms with van der Waals surface area (Å²) in [5.41, 5.74) is 1.62. The lowest BCUT2D eigenvalue weighted by Crippen LogP contribution is -2.41. The van der Waals surface area contributed by atoms with Crippen LogP contribution in [0.5, 0.6) is 0 Å². The Morgan fingerprint density at radius 1 is 1.60 bits per heavy atom. The second kappa shape index (κ2) is 5.05. The Balaban J connectivity index is 1.64. The van der Waals surface area contributed by atoms with Gasteiger partial charge in [-0.1, -0.05) is 5.16 Å². The zero-order valence-electron chi connectivity index (χ0n) is 11.7. The molecule has 0 spiro atoms. The number of aryl methyl sites for hydroxylation is 1. The standard InChI is InChI=1S/C15H18N2O2S/c1-10(7-12-3-6-20-9-12)16-14(18)15(4-5-15)13-8-11(2)17-19-13/h3,6,8-10H,4-5,7H2,1-2H3,(H,16,18)/t10-/m0/s1. The Morgan fingerprint density at radius 3 is 2.95 bits per heavy atom. The SMILES string of the molecule is Cc1cc(C2(C(=O)N[C@@H](C)Cc3ccsc3)CC2)on1. The fourth-order valence-electron chi connectivity index (χ4n) is 2.47. The van der Waals surface area contributed by atoms with Crippen LogP contribution in [0.4, 0.5) is 0 Å². The first-order valence-electron chi connectivity index (χ1n) is 6.86. The molecule has 1 N–H and O–H groups in total. The summed E-state index contributed by atoms with van der Waals surface area (Å²) in [6.07, 6.45) is 2.55. The molecule has 1 amide bonds. The van der Waals surface area contributed by atoms with E-state index in [1.54, 1.807) is 11.3 Å². The Morgan fingerprint density at radius 2 is 2.40 bits per heavy atom. The summed E-state index contributed by atoms with van der Waals surface area (Å²) in [5, 5.41) is 11.2. The minimum Gasteiger partial charge on any atom is -0.360 e. The van der Waals surface area contributed by atoms with Gasteiger partial charge in [0.2, 0.25) is 5.91 Å². The van der Waals surface area contributed by atoms with E-state index in [0.717, 1.165) is 25.0 Å². The largest absolute Gasteiger partial charge is 0.360 e. The minimum atomic E-state index is -0.468. The third-order valence-corrected chi connectivity index (χ3v) is 4.52. The monoisotopic (exact) mass is 290 g/mol. The van der Waals surface area contributed by atoms with Gasteiger partial charge in [-0.05, 0) is 55.5 Å². The van der Waals surface area contributed by atoms with Gasteiger partial charge in [-0.25, -0.2) is 0 Å². The van der Waals surface area contributed by atoms with E-state index >= 15 is 0 Å². The van der Waals surface area contributed by atoms with Crippen LogP contribution in [0.25, 0.3) is 0 Å². The molecule has 106 valence electrons. The van der Waals surface area contributed by atoms with Crippen LogP contribution in [0.3, 0.4) is 0 Å². The van der Waals surface area contributed by atoms with Crippen LogP contribution in [0.2, 0.25) is 0 Å². The van der Waals surface area contributed by atoms with Gasteiger partial charge in [0.1, 0.15) is 5.41 Å². The molecule has 1 aliphatic carbocycles. The number of rotatable bonds is 5. The van der Waals surface area contributed by atoms with Crippen LogP contribution in [0, 0.1) is 6.92 Å². The molecule has 0 saturated heterocycles. The predicted molar refractivity (Wildman–Crippen MR) is 77.8 cm³/mol. The summed E-state index contributed by atoms with van der Waals surface area (Å²) >= 11 is 1.68. The van der Waals surface area contributed by atoms with Crippen LogP contribution in [-0.2, 0) is 16.6 Å². The number of amides is 1. The summed E-state index contributed by atoms with van der Waals surface area (Å²) in [7, 11) is 0. The maximum atomic E-state index is 12.5. The second-order valence-electron chi connectivity index (χ2n) is 5.62. The molecule has 1 saturated carbocycles. The summed E-state index contributed by atoms with van der Waals surface area (Å²) in [4.78, 5) is 12.5. The number of thiophene rings is 1. The van der Waals surface area contributed by atoms with Gasteiger partial charge in [-0.15, -0.1) is 0 Å². The lowest BCUT2D eigenvalue weighted by atomic mass is 10.0. The third kappa shape index (κ3) is 2.50. The van der Waals surface area contributed by atoms with Gasteiger partial charge in [-0.2, -0.15) is 11.3 Å². The van der Waals surface area contributed by atoms with Crippen molar-refractivity contribution in [1.29, 1.82) is 0 Å². The van der Waals surface area contributed by atoms with Gasteiger partial charge in [0, 0.05) is 12.1 Å². The zero-order valence-corrected chi connectivity index (χ0v) is 12.5. The molecule has 2 aromatic rings. The van der Waals surface area contributed by atoms with Crippen LogP contribution in [0.1, 0.15) is 36.8 Å². The molecule has 2 heterocycles. The van der Waals surface area contributed by atoms with Crippen molar-refractivity contribution in [2.75, 3.05) is 0 Å². The maximum Gasteiger partial charge on any atom is 0.234 e. The second-order valence-corrected chi connectivity index (χ2v) is 6.40. The Labute approximate surface area is 122 Å². The smallest absolute Gasteiger partial charge is 0.234 e. The Bertz CT molecular complexity index is 599. The number of carbonyl (C=O) groups is 1. The van der Waals surface area contributed by atoms with Gasteiger partial charge in [0.05, 0.1) is 5.69 Å². The van der Waals surface area contributed by atoms with E-state index in [4.69, 9.17) is 4.52 Å². The molecule has 0 radical (unpaired) electrons.